The fourth-order valence-electron chi connectivity index (χ4n) is 2.01. The van der Waals surface area contributed by atoms with Gasteiger partial charge >= 0.3 is 5.88 Å². The lowest BCUT2D eigenvalue weighted by atomic mass is 10.1. The maximum Gasteiger partial charge on any atom is 0.311 e. The number of nitrogens with zero attached hydrogens (tertiary/aromatic N) is 3. The van der Waals surface area contributed by atoms with Crippen LogP contribution < -0.4 is 4.84 Å². The third-order valence-corrected chi connectivity index (χ3v) is 5.66. The van der Waals surface area contributed by atoms with E-state index in [2.05, 4.69) is 20.1 Å². The van der Waals surface area contributed by atoms with E-state index in [4.69, 9.17) is 4.84 Å². The molecule has 0 fully saturated rings. The SMILES string of the molecule is Cc1nonc1O/N=C/c1ccc(S(C)(=O)=O)c(S(C)(=O)=O)c1C. The molecule has 0 atom stereocenters. The van der Waals surface area contributed by atoms with Gasteiger partial charge in [-0.3, -0.25) is 0 Å². The molecule has 0 aliphatic heterocycles. The summed E-state index contributed by atoms with van der Waals surface area (Å²) in [4.78, 5) is 4.48. The fourth-order valence-corrected chi connectivity index (χ4v) is 4.84. The summed E-state index contributed by atoms with van der Waals surface area (Å²) < 4.78 is 52.1. The fraction of sp³-hybridized carbons (Fsp3) is 0.308. The lowest BCUT2D eigenvalue weighted by Crippen LogP contribution is -2.11. The molecule has 1 aromatic carbocycles. The molecule has 0 radical (unpaired) electrons. The summed E-state index contributed by atoms with van der Waals surface area (Å²) in [5.74, 6) is 0.0694. The minimum absolute atomic E-state index is 0.0694. The zero-order valence-electron chi connectivity index (χ0n) is 13.3. The highest BCUT2D eigenvalue weighted by Crippen LogP contribution is 2.26. The van der Waals surface area contributed by atoms with E-state index in [0.29, 0.717) is 11.3 Å². The van der Waals surface area contributed by atoms with Gasteiger partial charge in [-0.05, 0) is 30.6 Å². The first kappa shape index (κ1) is 18.1. The van der Waals surface area contributed by atoms with Gasteiger partial charge in [-0.2, -0.15) is 0 Å². The summed E-state index contributed by atoms with van der Waals surface area (Å²) in [5.41, 5.74) is 1.04. The van der Waals surface area contributed by atoms with Crippen LogP contribution in [0.1, 0.15) is 16.8 Å². The molecule has 1 aromatic heterocycles. The molecule has 0 aliphatic rings. The Kier molecular flexibility index (Phi) is 4.76. The first-order valence-electron chi connectivity index (χ1n) is 6.55. The Bertz CT molecular complexity index is 1010. The minimum atomic E-state index is -3.76. The highest BCUT2D eigenvalue weighted by molar-refractivity contribution is 7.93. The third-order valence-electron chi connectivity index (χ3n) is 3.12. The number of aromatic nitrogens is 2. The molecule has 0 bridgehead atoms. The van der Waals surface area contributed by atoms with Gasteiger partial charge in [0.05, 0.1) is 16.0 Å². The minimum Gasteiger partial charge on any atom is -0.331 e. The van der Waals surface area contributed by atoms with Gasteiger partial charge in [0.25, 0.3) is 0 Å². The highest BCUT2D eigenvalue weighted by Gasteiger charge is 2.24. The Morgan fingerprint density at radius 3 is 2.25 bits per heavy atom. The van der Waals surface area contributed by atoms with Crippen molar-refractivity contribution >= 4 is 25.9 Å². The standard InChI is InChI=1S/C13H15N3O6S2/c1-8-10(7-14-21-13-9(2)15-22-16-13)5-6-11(23(3,17)18)12(8)24(4,19)20/h5-7H,1-4H3/b14-7+. The number of benzene rings is 1. The molecule has 0 saturated carbocycles. The average Bonchev–Trinajstić information content (AvgIpc) is 2.83. The zero-order chi connectivity index (χ0) is 18.1. The monoisotopic (exact) mass is 373 g/mol. The van der Waals surface area contributed by atoms with Crippen molar-refractivity contribution in [2.75, 3.05) is 12.5 Å². The molecule has 0 saturated heterocycles. The van der Waals surface area contributed by atoms with Crippen LogP contribution in [0.15, 0.2) is 31.7 Å². The Morgan fingerprint density at radius 2 is 1.75 bits per heavy atom. The topological polar surface area (TPSA) is 129 Å². The molecule has 0 N–H and O–H groups in total. The molecule has 24 heavy (non-hydrogen) atoms. The van der Waals surface area contributed by atoms with Crippen LogP contribution in [0.2, 0.25) is 0 Å². The lowest BCUT2D eigenvalue weighted by molar-refractivity contribution is 0.264. The smallest absolute Gasteiger partial charge is 0.311 e. The Hall–Kier alpha value is -2.27. The number of rotatable bonds is 5. The van der Waals surface area contributed by atoms with Crippen molar-refractivity contribution < 1.29 is 26.3 Å². The van der Waals surface area contributed by atoms with Crippen molar-refractivity contribution in [1.82, 2.24) is 10.3 Å². The molecule has 130 valence electrons. The third kappa shape index (κ3) is 3.79. The van der Waals surface area contributed by atoms with Crippen LogP contribution in [0.4, 0.5) is 0 Å². The van der Waals surface area contributed by atoms with E-state index >= 15 is 0 Å². The number of hydrogen-bond donors (Lipinski definition) is 0. The summed E-state index contributed by atoms with van der Waals surface area (Å²) in [6.45, 7) is 3.10. The molecule has 0 spiro atoms. The highest BCUT2D eigenvalue weighted by atomic mass is 32.2. The molecule has 9 nitrogen and oxygen atoms in total. The van der Waals surface area contributed by atoms with E-state index in [0.717, 1.165) is 12.5 Å². The van der Waals surface area contributed by atoms with Crippen LogP contribution in [-0.4, -0.2) is 45.9 Å². The van der Waals surface area contributed by atoms with E-state index < -0.39 is 19.7 Å². The van der Waals surface area contributed by atoms with Gasteiger partial charge in [0.1, 0.15) is 5.69 Å². The second kappa shape index (κ2) is 6.32. The summed E-state index contributed by atoms with van der Waals surface area (Å²) >= 11 is 0. The van der Waals surface area contributed by atoms with Crippen molar-refractivity contribution in [3.63, 3.8) is 0 Å². The van der Waals surface area contributed by atoms with Gasteiger partial charge in [-0.1, -0.05) is 16.4 Å². The predicted octanol–water partition coefficient (Wildman–Crippen LogP) is 0.906. The number of hydrogen-bond acceptors (Lipinski definition) is 9. The maximum atomic E-state index is 12.0. The number of aryl methyl sites for hydroxylation is 1. The van der Waals surface area contributed by atoms with Gasteiger partial charge in [-0.25, -0.2) is 21.5 Å². The maximum absolute atomic E-state index is 12.0. The summed E-state index contributed by atoms with van der Waals surface area (Å²) in [5, 5.41) is 10.7. The molecular formula is C13H15N3O6S2. The predicted molar refractivity (Wildman–Crippen MR) is 84.7 cm³/mol. The van der Waals surface area contributed by atoms with Crippen LogP contribution in [0.25, 0.3) is 0 Å². The first-order valence-corrected chi connectivity index (χ1v) is 10.3. The largest absolute Gasteiger partial charge is 0.331 e. The second-order valence-electron chi connectivity index (χ2n) is 5.13. The molecule has 0 amide bonds. The van der Waals surface area contributed by atoms with E-state index in [1.54, 1.807) is 6.92 Å². The van der Waals surface area contributed by atoms with Crippen molar-refractivity contribution in [1.29, 1.82) is 0 Å². The van der Waals surface area contributed by atoms with E-state index in [1.807, 2.05) is 0 Å². The van der Waals surface area contributed by atoms with Gasteiger partial charge in [-0.15, -0.1) is 0 Å². The Balaban J connectivity index is 2.48. The zero-order valence-corrected chi connectivity index (χ0v) is 15.0. The second-order valence-corrected chi connectivity index (χ2v) is 9.07. The summed E-state index contributed by atoms with van der Waals surface area (Å²) in [6.07, 6.45) is 3.16. The molecule has 11 heteroatoms. The van der Waals surface area contributed by atoms with Gasteiger partial charge < -0.3 is 4.84 Å². The Labute approximate surface area is 139 Å². The molecule has 0 unspecified atom stereocenters. The molecular weight excluding hydrogens is 358 g/mol. The average molecular weight is 373 g/mol. The quantitative estimate of drug-likeness (QED) is 0.558. The van der Waals surface area contributed by atoms with Crippen LogP contribution in [0.5, 0.6) is 5.88 Å². The van der Waals surface area contributed by atoms with Crippen LogP contribution >= 0.6 is 0 Å². The lowest BCUT2D eigenvalue weighted by Gasteiger charge is -2.11. The normalized spacial score (nSPS) is 12.7. The van der Waals surface area contributed by atoms with Crippen molar-refractivity contribution in [2.24, 2.45) is 5.16 Å². The van der Waals surface area contributed by atoms with Crippen molar-refractivity contribution in [3.05, 3.63) is 29.0 Å². The van der Waals surface area contributed by atoms with E-state index in [-0.39, 0.29) is 21.2 Å². The van der Waals surface area contributed by atoms with Crippen LogP contribution in [0.3, 0.4) is 0 Å². The van der Waals surface area contributed by atoms with Crippen molar-refractivity contribution in [3.8, 4) is 5.88 Å². The number of oxime groups is 1. The van der Waals surface area contributed by atoms with Crippen LogP contribution in [0, 0.1) is 13.8 Å². The van der Waals surface area contributed by atoms with E-state index in [9.17, 15) is 16.8 Å². The Morgan fingerprint density at radius 1 is 1.08 bits per heavy atom. The molecule has 1 heterocycles. The summed E-state index contributed by atoms with van der Waals surface area (Å²) in [6, 6.07) is 2.67. The van der Waals surface area contributed by atoms with Crippen molar-refractivity contribution in [2.45, 2.75) is 23.6 Å². The number of sulfone groups is 2. The van der Waals surface area contributed by atoms with Gasteiger partial charge in [0, 0.05) is 18.1 Å². The molecule has 2 rings (SSSR count). The van der Waals surface area contributed by atoms with Crippen LogP contribution in [-0.2, 0) is 19.7 Å². The summed E-state index contributed by atoms with van der Waals surface area (Å²) in [7, 11) is -7.47. The van der Waals surface area contributed by atoms with Gasteiger partial charge in [0.2, 0.25) is 0 Å². The van der Waals surface area contributed by atoms with E-state index in [1.165, 1.54) is 25.3 Å². The molecule has 2 aromatic rings. The molecule has 0 aliphatic carbocycles. The van der Waals surface area contributed by atoms with Gasteiger partial charge in [0.15, 0.2) is 19.7 Å². The first-order chi connectivity index (χ1) is 11.0.